The number of aliphatic hydroxyl groups is 9. The Morgan fingerprint density at radius 2 is 1.34 bits per heavy atom. The Bertz CT molecular complexity index is 2020. The summed E-state index contributed by atoms with van der Waals surface area (Å²) in [6.07, 6.45) is -0.317. The van der Waals surface area contributed by atoms with Gasteiger partial charge in [-0.2, -0.15) is 0 Å². The Balaban J connectivity index is 2.02. The van der Waals surface area contributed by atoms with Gasteiger partial charge in [-0.1, -0.05) is 112 Å². The fourth-order valence-electron chi connectivity index (χ4n) is 8.79. The minimum Gasteiger partial charge on any atom is -0.481 e. The third-order valence-electron chi connectivity index (χ3n) is 13.1. The average Bonchev–Trinajstić information content (AvgIpc) is 3.34. The van der Waals surface area contributed by atoms with Crippen LogP contribution in [-0.2, 0) is 42.7 Å². The maximum Gasteiger partial charge on any atom is 0.508 e. The van der Waals surface area contributed by atoms with Crippen molar-refractivity contribution in [2.45, 2.75) is 183 Å². The van der Waals surface area contributed by atoms with Gasteiger partial charge >= 0.3 is 24.2 Å². The molecular weight excluding hydrogens is 999 g/mol. The van der Waals surface area contributed by atoms with E-state index in [1.165, 1.54) is 25.2 Å². The van der Waals surface area contributed by atoms with Gasteiger partial charge in [0.25, 0.3) is 0 Å². The molecule has 19 atom stereocenters. The van der Waals surface area contributed by atoms with Crippen molar-refractivity contribution in [3.8, 4) is 0 Å². The standard InChI is InChI=1S/C54H81NO21/c1-7-25-71-53(68)75-43-31-54(69)30-38(58)27-41(60)40(59)24-23-36(56)26-37(57)28-44(61)72-34(5)33(4)47(62)32(3)21-19-17-15-13-11-9-10-12-14-16-18-20-22-39(29-42(76-54)45(43)50(65)66)74-51-49(64)46(48(63)35(6)73-51)55-52(67)70-8-2/h7,9-22,32-43,45-49,51,56-60,62-64,69H,1,8,23-31H2,2-6H3,(H,55,67)(H,65,66)/b10-9+,13-11+,14-12+,17-15+,18-16+,21-19+,22-20+/t32-,33-,34-,35+,36+,37+,38-,39-,40+,41+,42-,43-,45-,46-,47+,48+,49-,51-,54+/m0/s1. The molecule has 3 aliphatic rings. The lowest BCUT2D eigenvalue weighted by molar-refractivity contribution is -0.309. The number of cyclic esters (lactones) is 1. The molecule has 0 saturated carbocycles. The lowest BCUT2D eigenvalue weighted by Crippen LogP contribution is -2.64. The maximum atomic E-state index is 13.1. The van der Waals surface area contributed by atoms with E-state index in [-0.39, 0.29) is 38.4 Å². The first kappa shape index (κ1) is 65.2. The number of alkyl carbamates (subject to hydrolysis) is 1. The van der Waals surface area contributed by atoms with Gasteiger partial charge < -0.3 is 89.5 Å². The van der Waals surface area contributed by atoms with Crippen LogP contribution >= 0.6 is 0 Å². The Hall–Kier alpha value is -5.08. The average molecular weight is 1080 g/mol. The highest BCUT2D eigenvalue weighted by atomic mass is 16.7. The van der Waals surface area contributed by atoms with Crippen LogP contribution in [0.2, 0.25) is 0 Å². The summed E-state index contributed by atoms with van der Waals surface area (Å²) in [5.41, 5.74) is 0. The number of fused-ring (bicyclic) bond motifs is 2. The molecule has 3 rings (SSSR count). The first-order valence-electron chi connectivity index (χ1n) is 25.6. The Labute approximate surface area is 443 Å². The molecule has 0 unspecified atom stereocenters. The summed E-state index contributed by atoms with van der Waals surface area (Å²) in [5, 5.41) is 113. The summed E-state index contributed by atoms with van der Waals surface area (Å²) in [7, 11) is 0. The number of esters is 1. The molecule has 0 aromatic heterocycles. The number of carbonyl (C=O) groups is 4. The molecule has 0 aliphatic carbocycles. The fourth-order valence-corrected chi connectivity index (χ4v) is 8.79. The third-order valence-corrected chi connectivity index (χ3v) is 13.1. The summed E-state index contributed by atoms with van der Waals surface area (Å²) in [6.45, 7) is 11.3. The quantitative estimate of drug-likeness (QED) is 0.0945. The number of aliphatic hydroxyl groups excluding tert-OH is 8. The number of allylic oxidation sites excluding steroid dienone is 12. The van der Waals surface area contributed by atoms with Crippen LogP contribution in [0.3, 0.4) is 0 Å². The minimum atomic E-state index is -2.50. The second kappa shape index (κ2) is 33.3. The van der Waals surface area contributed by atoms with Crippen LogP contribution in [-0.4, -0.2) is 186 Å². The molecule has 0 radical (unpaired) electrons. The van der Waals surface area contributed by atoms with Crippen molar-refractivity contribution in [1.82, 2.24) is 5.32 Å². The molecule has 11 N–H and O–H groups in total. The van der Waals surface area contributed by atoms with Crippen molar-refractivity contribution in [1.29, 1.82) is 0 Å². The van der Waals surface area contributed by atoms with E-state index >= 15 is 0 Å². The molecule has 0 aromatic rings. The molecule has 428 valence electrons. The molecule has 2 fully saturated rings. The monoisotopic (exact) mass is 1080 g/mol. The second-order valence-corrected chi connectivity index (χ2v) is 19.3. The highest BCUT2D eigenvalue weighted by Gasteiger charge is 2.53. The zero-order valence-corrected chi connectivity index (χ0v) is 43.8. The lowest BCUT2D eigenvalue weighted by Gasteiger charge is -2.46. The van der Waals surface area contributed by atoms with Crippen LogP contribution in [0.15, 0.2) is 97.7 Å². The van der Waals surface area contributed by atoms with Gasteiger partial charge in [-0.15, -0.1) is 0 Å². The van der Waals surface area contributed by atoms with Gasteiger partial charge in [0.05, 0.1) is 74.0 Å². The fraction of sp³-hybridized carbons (Fsp3) is 0.630. The summed E-state index contributed by atoms with van der Waals surface area (Å²) < 4.78 is 39.0. The second-order valence-electron chi connectivity index (χ2n) is 19.3. The zero-order chi connectivity index (χ0) is 56.5. The Morgan fingerprint density at radius 1 is 0.737 bits per heavy atom. The Kier molecular flexibility index (Phi) is 28.5. The highest BCUT2D eigenvalue weighted by Crippen LogP contribution is 2.40. The van der Waals surface area contributed by atoms with Crippen molar-refractivity contribution in [2.24, 2.45) is 17.8 Å². The number of aliphatic carboxylic acids is 1. The van der Waals surface area contributed by atoms with E-state index in [1.54, 1.807) is 93.7 Å². The SMILES string of the molecule is C=CCOC(=O)O[C@H]1C[C@@]2(O)C[C@@H](O)C[C@@H](O)[C@H](O)CC[C@@H](O)C[C@@H](O)CC(=O)O[C@@H](C)[C@H](C)[C@H](O)[C@@H](C)/C=C/C=C/C=C/C=C/C=C/C=C/C=C/[C@H](O[C@@H]3O[C@H](C)[C@@H](O)[C@H](NC(=O)OCC)[C@@H]3O)C[C@H](O2)[C@@H]1C(=O)O. The van der Waals surface area contributed by atoms with Crippen LogP contribution in [0.1, 0.15) is 86.0 Å². The zero-order valence-electron chi connectivity index (χ0n) is 43.8. The number of amides is 1. The van der Waals surface area contributed by atoms with E-state index in [0.717, 1.165) is 0 Å². The van der Waals surface area contributed by atoms with Crippen LogP contribution in [0, 0.1) is 17.8 Å². The molecule has 22 heteroatoms. The van der Waals surface area contributed by atoms with Crippen molar-refractivity contribution < 1.29 is 103 Å². The van der Waals surface area contributed by atoms with E-state index in [0.29, 0.717) is 0 Å². The molecule has 2 bridgehead atoms. The smallest absolute Gasteiger partial charge is 0.481 e. The Morgan fingerprint density at radius 3 is 1.93 bits per heavy atom. The van der Waals surface area contributed by atoms with Gasteiger partial charge in [-0.25, -0.2) is 9.59 Å². The summed E-state index contributed by atoms with van der Waals surface area (Å²) in [4.78, 5) is 51.1. The number of hydrogen-bond acceptors (Lipinski definition) is 20. The first-order valence-corrected chi connectivity index (χ1v) is 25.6. The molecule has 3 heterocycles. The number of ether oxygens (including phenoxy) is 7. The largest absolute Gasteiger partial charge is 0.508 e. The number of hydrogen-bond donors (Lipinski definition) is 11. The number of carboxylic acids is 1. The van der Waals surface area contributed by atoms with E-state index in [4.69, 9.17) is 33.2 Å². The van der Waals surface area contributed by atoms with Crippen LogP contribution in [0.5, 0.6) is 0 Å². The van der Waals surface area contributed by atoms with Crippen LogP contribution < -0.4 is 5.32 Å². The summed E-state index contributed by atoms with van der Waals surface area (Å²) >= 11 is 0. The predicted octanol–water partition coefficient (Wildman–Crippen LogP) is 2.85. The predicted molar refractivity (Wildman–Crippen MR) is 273 cm³/mol. The topological polar surface area (TPSA) is 347 Å². The molecule has 22 nitrogen and oxygen atoms in total. The first-order chi connectivity index (χ1) is 36.0. The van der Waals surface area contributed by atoms with Gasteiger partial charge in [0, 0.05) is 37.5 Å². The minimum absolute atomic E-state index is 0.0177. The number of carbonyl (C=O) groups excluding carboxylic acids is 3. The molecule has 3 aliphatic heterocycles. The van der Waals surface area contributed by atoms with Gasteiger partial charge in [0.15, 0.2) is 12.1 Å². The normalized spacial score (nSPS) is 40.3. The number of rotatable bonds is 8. The molecular formula is C54H81NO21. The van der Waals surface area contributed by atoms with E-state index in [2.05, 4.69) is 11.9 Å². The number of carboxylic acid groups (broad SMARTS) is 1. The van der Waals surface area contributed by atoms with E-state index in [1.807, 2.05) is 6.92 Å². The van der Waals surface area contributed by atoms with Crippen LogP contribution in [0.4, 0.5) is 9.59 Å². The van der Waals surface area contributed by atoms with Crippen LogP contribution in [0.25, 0.3) is 0 Å². The van der Waals surface area contributed by atoms with Gasteiger partial charge in [0.2, 0.25) is 0 Å². The number of nitrogens with one attached hydrogen (secondary N) is 1. The van der Waals surface area contributed by atoms with Gasteiger partial charge in [-0.05, 0) is 40.0 Å². The summed E-state index contributed by atoms with van der Waals surface area (Å²) in [5.74, 6) is -7.33. The third kappa shape index (κ3) is 22.5. The van der Waals surface area contributed by atoms with Crippen molar-refractivity contribution in [3.05, 3.63) is 97.7 Å². The molecule has 76 heavy (non-hydrogen) atoms. The molecule has 0 aromatic carbocycles. The van der Waals surface area contributed by atoms with Gasteiger partial charge in [-0.3, -0.25) is 9.59 Å². The van der Waals surface area contributed by atoms with E-state index in [9.17, 15) is 70.2 Å². The van der Waals surface area contributed by atoms with Crippen molar-refractivity contribution in [2.75, 3.05) is 13.2 Å². The molecule has 0 spiro atoms. The summed E-state index contributed by atoms with van der Waals surface area (Å²) in [6, 6.07) is -1.37. The molecule has 2 saturated heterocycles. The van der Waals surface area contributed by atoms with Crippen molar-refractivity contribution >= 4 is 24.2 Å². The van der Waals surface area contributed by atoms with Gasteiger partial charge in [0.1, 0.15) is 36.9 Å². The lowest BCUT2D eigenvalue weighted by atomic mass is 9.82. The van der Waals surface area contributed by atoms with E-state index < -0.39 is 166 Å². The maximum absolute atomic E-state index is 13.1. The highest BCUT2D eigenvalue weighted by molar-refractivity contribution is 5.72. The van der Waals surface area contributed by atoms with Crippen molar-refractivity contribution in [3.63, 3.8) is 0 Å². The molecule has 1 amide bonds.